The molecular formula is C11H12N2O. The van der Waals surface area contributed by atoms with E-state index in [9.17, 15) is 4.79 Å². The van der Waals surface area contributed by atoms with Crippen LogP contribution in [0.15, 0.2) is 16.6 Å². The van der Waals surface area contributed by atoms with Crippen molar-refractivity contribution < 1.29 is 4.79 Å². The number of nitrogens with zero attached hydrogens (tertiary/aromatic N) is 2. The van der Waals surface area contributed by atoms with Crippen LogP contribution in [0, 0.1) is 23.2 Å². The molecule has 0 aromatic carbocycles. The van der Waals surface area contributed by atoms with Crippen molar-refractivity contribution >= 4 is 11.6 Å². The zero-order valence-electron chi connectivity index (χ0n) is 8.16. The molecule has 2 atom stereocenters. The fourth-order valence-corrected chi connectivity index (χ4v) is 2.00. The third-order valence-corrected chi connectivity index (χ3v) is 2.83. The molecule has 1 heterocycles. The summed E-state index contributed by atoms with van der Waals surface area (Å²) in [5, 5.41) is 8.73. The van der Waals surface area contributed by atoms with Gasteiger partial charge in [-0.2, -0.15) is 5.26 Å². The molecule has 1 amide bonds. The molecule has 0 saturated heterocycles. The van der Waals surface area contributed by atoms with Crippen molar-refractivity contribution in [1.82, 2.24) is 0 Å². The van der Waals surface area contributed by atoms with Crippen LogP contribution in [-0.2, 0) is 4.79 Å². The van der Waals surface area contributed by atoms with E-state index in [1.54, 1.807) is 6.08 Å². The highest BCUT2D eigenvalue weighted by atomic mass is 16.1. The second-order valence-corrected chi connectivity index (χ2v) is 4.04. The van der Waals surface area contributed by atoms with Crippen molar-refractivity contribution in [2.45, 2.75) is 26.2 Å². The van der Waals surface area contributed by atoms with Gasteiger partial charge in [0.05, 0.1) is 6.07 Å². The molecule has 1 saturated carbocycles. The molecule has 1 aliphatic carbocycles. The highest BCUT2D eigenvalue weighted by Gasteiger charge is 2.27. The first-order valence-corrected chi connectivity index (χ1v) is 4.93. The summed E-state index contributed by atoms with van der Waals surface area (Å²) in [5.74, 6) is -0.285. The van der Waals surface area contributed by atoms with E-state index >= 15 is 0 Å². The largest absolute Gasteiger partial charge is 0.271 e. The van der Waals surface area contributed by atoms with Gasteiger partial charge in [-0.3, -0.25) is 4.79 Å². The molecule has 0 bridgehead atoms. The average Bonchev–Trinajstić information content (AvgIpc) is 2.17. The second kappa shape index (κ2) is 3.38. The number of rotatable bonds is 0. The minimum atomic E-state index is -0.640. The number of carbonyl (C=O) groups excluding carboxylic acids is 1. The van der Waals surface area contributed by atoms with Crippen molar-refractivity contribution in [1.29, 1.82) is 5.26 Å². The second-order valence-electron chi connectivity index (χ2n) is 4.04. The minimum Gasteiger partial charge on any atom is -0.271 e. The molecule has 3 heteroatoms. The monoisotopic (exact) mass is 188 g/mol. The van der Waals surface area contributed by atoms with E-state index in [2.05, 4.69) is 11.9 Å². The van der Waals surface area contributed by atoms with E-state index in [4.69, 9.17) is 5.26 Å². The summed E-state index contributed by atoms with van der Waals surface area (Å²) in [4.78, 5) is 15.3. The number of allylic oxidation sites excluding steroid dienone is 1. The molecule has 1 aliphatic heterocycles. The van der Waals surface area contributed by atoms with Crippen LogP contribution < -0.4 is 0 Å². The van der Waals surface area contributed by atoms with E-state index < -0.39 is 5.92 Å². The maximum absolute atomic E-state index is 11.3. The Kier molecular flexibility index (Phi) is 2.20. The summed E-state index contributed by atoms with van der Waals surface area (Å²) in [6, 6.07) is 1.97. The molecule has 2 rings (SSSR count). The standard InChI is InChI=1S/C11H12N2O/c1-7-2-3-10-8(4-7)5-9(6-12)11(14)13-10/h5,7,9H,2-4H2,1H3. The smallest absolute Gasteiger partial charge is 0.267 e. The third-order valence-electron chi connectivity index (χ3n) is 2.83. The van der Waals surface area contributed by atoms with Crippen LogP contribution in [0.1, 0.15) is 26.2 Å². The van der Waals surface area contributed by atoms with E-state index in [1.807, 2.05) is 6.07 Å². The van der Waals surface area contributed by atoms with Crippen LogP contribution in [0.3, 0.4) is 0 Å². The first-order chi connectivity index (χ1) is 6.70. The third kappa shape index (κ3) is 1.48. The predicted molar refractivity (Wildman–Crippen MR) is 52.6 cm³/mol. The lowest BCUT2D eigenvalue weighted by Crippen LogP contribution is -2.24. The summed E-state index contributed by atoms with van der Waals surface area (Å²) < 4.78 is 0. The van der Waals surface area contributed by atoms with E-state index in [0.29, 0.717) is 5.92 Å². The van der Waals surface area contributed by atoms with Crippen molar-refractivity contribution in [3.8, 4) is 6.07 Å². The van der Waals surface area contributed by atoms with Crippen molar-refractivity contribution in [2.75, 3.05) is 0 Å². The van der Waals surface area contributed by atoms with Gasteiger partial charge in [0, 0.05) is 5.71 Å². The molecule has 0 aromatic rings. The lowest BCUT2D eigenvalue weighted by atomic mass is 9.82. The number of amides is 1. The number of fused-ring (bicyclic) bond motifs is 1. The van der Waals surface area contributed by atoms with E-state index in [1.165, 1.54) is 0 Å². The first kappa shape index (κ1) is 9.14. The highest BCUT2D eigenvalue weighted by Crippen LogP contribution is 2.30. The van der Waals surface area contributed by atoms with Gasteiger partial charge in [-0.1, -0.05) is 13.0 Å². The van der Waals surface area contributed by atoms with Crippen LogP contribution >= 0.6 is 0 Å². The molecule has 72 valence electrons. The molecule has 3 nitrogen and oxygen atoms in total. The van der Waals surface area contributed by atoms with Gasteiger partial charge in [0.25, 0.3) is 5.91 Å². The lowest BCUT2D eigenvalue weighted by Gasteiger charge is -2.25. The summed E-state index contributed by atoms with van der Waals surface area (Å²) in [7, 11) is 0. The molecule has 14 heavy (non-hydrogen) atoms. The summed E-state index contributed by atoms with van der Waals surface area (Å²) in [6.07, 6.45) is 4.74. The van der Waals surface area contributed by atoms with Crippen molar-refractivity contribution in [3.05, 3.63) is 11.6 Å². The number of aliphatic imine (C=N–C) groups is 1. The number of dihydropyridines is 1. The molecule has 0 spiro atoms. The normalized spacial score (nSPS) is 31.3. The number of carbonyl (C=O) groups is 1. The Labute approximate surface area is 83.1 Å². The van der Waals surface area contributed by atoms with Gasteiger partial charge in [0.2, 0.25) is 0 Å². The Bertz CT molecular complexity index is 373. The fourth-order valence-electron chi connectivity index (χ4n) is 2.00. The van der Waals surface area contributed by atoms with Crippen LogP contribution in [0.25, 0.3) is 0 Å². The van der Waals surface area contributed by atoms with Gasteiger partial charge in [-0.15, -0.1) is 0 Å². The van der Waals surface area contributed by atoms with Gasteiger partial charge in [-0.25, -0.2) is 4.99 Å². The number of hydrogen-bond donors (Lipinski definition) is 0. The molecule has 0 aromatic heterocycles. The molecule has 2 unspecified atom stereocenters. The quantitative estimate of drug-likeness (QED) is 0.582. The summed E-state index contributed by atoms with van der Waals surface area (Å²) >= 11 is 0. The van der Waals surface area contributed by atoms with Gasteiger partial charge in [-0.05, 0) is 30.8 Å². The number of hydrogen-bond acceptors (Lipinski definition) is 2. The molecule has 0 N–H and O–H groups in total. The summed E-state index contributed by atoms with van der Waals surface area (Å²) in [5.41, 5.74) is 2.04. The molecule has 1 fully saturated rings. The maximum Gasteiger partial charge on any atom is 0.267 e. The molecule has 0 radical (unpaired) electrons. The highest BCUT2D eigenvalue weighted by molar-refractivity contribution is 6.10. The Morgan fingerprint density at radius 3 is 3.14 bits per heavy atom. The number of nitriles is 1. The fraction of sp³-hybridized carbons (Fsp3) is 0.545. The zero-order chi connectivity index (χ0) is 10.1. The minimum absolute atomic E-state index is 0.291. The van der Waals surface area contributed by atoms with Crippen molar-refractivity contribution in [3.63, 3.8) is 0 Å². The topological polar surface area (TPSA) is 53.2 Å². The van der Waals surface area contributed by atoms with E-state index in [-0.39, 0.29) is 5.91 Å². The van der Waals surface area contributed by atoms with Crippen LogP contribution in [0.2, 0.25) is 0 Å². The van der Waals surface area contributed by atoms with Crippen LogP contribution in [-0.4, -0.2) is 11.6 Å². The lowest BCUT2D eigenvalue weighted by molar-refractivity contribution is -0.119. The van der Waals surface area contributed by atoms with Gasteiger partial charge in [0.15, 0.2) is 0 Å². The molecular weight excluding hydrogens is 176 g/mol. The summed E-state index contributed by atoms with van der Waals surface area (Å²) in [6.45, 7) is 2.19. The Morgan fingerprint density at radius 1 is 1.64 bits per heavy atom. The van der Waals surface area contributed by atoms with Gasteiger partial charge in [0.1, 0.15) is 5.92 Å². The van der Waals surface area contributed by atoms with Crippen molar-refractivity contribution in [2.24, 2.45) is 16.8 Å². The predicted octanol–water partition coefficient (Wildman–Crippen LogP) is 1.85. The van der Waals surface area contributed by atoms with Gasteiger partial charge < -0.3 is 0 Å². The van der Waals surface area contributed by atoms with Gasteiger partial charge >= 0.3 is 0 Å². The maximum atomic E-state index is 11.3. The Morgan fingerprint density at radius 2 is 2.43 bits per heavy atom. The Hall–Kier alpha value is -1.43. The average molecular weight is 188 g/mol. The van der Waals surface area contributed by atoms with E-state index in [0.717, 1.165) is 30.5 Å². The van der Waals surface area contributed by atoms with Crippen LogP contribution in [0.5, 0.6) is 0 Å². The molecule has 2 aliphatic rings. The Balaban J connectivity index is 2.29. The zero-order valence-corrected chi connectivity index (χ0v) is 8.16. The van der Waals surface area contributed by atoms with Crippen LogP contribution in [0.4, 0.5) is 0 Å². The SMILES string of the molecule is CC1CCC2=NC(=O)C(C#N)C=C2C1. The first-order valence-electron chi connectivity index (χ1n) is 4.93.